The van der Waals surface area contributed by atoms with Crippen molar-refractivity contribution in [2.75, 3.05) is 44.0 Å². The van der Waals surface area contributed by atoms with E-state index in [4.69, 9.17) is 9.57 Å². The minimum absolute atomic E-state index is 0.168. The molecule has 1 saturated heterocycles. The van der Waals surface area contributed by atoms with Gasteiger partial charge in [-0.15, -0.1) is 16.5 Å². The van der Waals surface area contributed by atoms with Gasteiger partial charge in [0.25, 0.3) is 5.91 Å². The number of aromatic nitrogens is 1. The lowest BCUT2D eigenvalue weighted by Gasteiger charge is -2.33. The molecule has 1 fully saturated rings. The number of likely N-dealkylation sites (tertiary alicyclic amines) is 1. The monoisotopic (exact) mass is 608 g/mol. The first-order chi connectivity index (χ1) is 20.9. The number of anilines is 2. The first kappa shape index (κ1) is 30.4. The second-order valence-electron chi connectivity index (χ2n) is 10.3. The van der Waals surface area contributed by atoms with Crippen molar-refractivity contribution in [1.82, 2.24) is 20.1 Å². The van der Waals surface area contributed by atoms with Gasteiger partial charge in [-0.1, -0.05) is 30.3 Å². The fraction of sp³-hybridized carbons (Fsp3) is 0.400. The molecule has 0 spiro atoms. The molecule has 12 nitrogen and oxygen atoms in total. The minimum Gasteiger partial charge on any atom is -0.465 e. The third-order valence-electron chi connectivity index (χ3n) is 7.55. The number of nitrogens with zero attached hydrogens (tertiary/aromatic N) is 4. The third kappa shape index (κ3) is 7.13. The Morgan fingerprint density at radius 1 is 1.12 bits per heavy atom. The van der Waals surface area contributed by atoms with Crippen molar-refractivity contribution >= 4 is 40.1 Å². The minimum atomic E-state index is -1.23. The van der Waals surface area contributed by atoms with Crippen LogP contribution in [0.3, 0.4) is 0 Å². The number of carboxylic acid groups (broad SMARTS) is 1. The van der Waals surface area contributed by atoms with Crippen molar-refractivity contribution in [2.24, 2.45) is 0 Å². The molecule has 2 amide bonds. The van der Waals surface area contributed by atoms with Crippen molar-refractivity contribution in [2.45, 2.75) is 45.3 Å². The van der Waals surface area contributed by atoms with Crippen molar-refractivity contribution in [3.05, 3.63) is 75.8 Å². The van der Waals surface area contributed by atoms with E-state index in [0.29, 0.717) is 29.3 Å². The Kier molecular flexibility index (Phi) is 9.87. The highest BCUT2D eigenvalue weighted by molar-refractivity contribution is 7.17. The molecule has 5 rings (SSSR count). The normalized spacial score (nSPS) is 15.9. The lowest BCUT2D eigenvalue weighted by Crippen LogP contribution is -2.47. The number of fused-ring (bicyclic) bond motifs is 1. The first-order valence-corrected chi connectivity index (χ1v) is 15.1. The standard InChI is InChI=1S/C30H36N6O6S/c1-3-42-36(30(39)40)35-17-13-22-24(19-35)43-28(25(22)29(38)41-2)33-27(37)23-10-7-14-31-26(23)32-21-11-15-34(16-12-21)18-20-8-5-4-6-9-20/h4-10,14,21H,3,11-13,15-19H2,1-2H3,(H,31,32)(H,33,37)(H,39,40). The first-order valence-electron chi connectivity index (χ1n) is 14.3. The number of thiophene rings is 1. The number of carbonyl (C=O) groups excluding carboxylic acids is 2. The van der Waals surface area contributed by atoms with Crippen LogP contribution in [0.1, 0.15) is 56.5 Å². The molecule has 43 heavy (non-hydrogen) atoms. The number of nitrogens with one attached hydrogen (secondary N) is 2. The number of carbonyl (C=O) groups is 3. The molecule has 0 bridgehead atoms. The van der Waals surface area contributed by atoms with Gasteiger partial charge in [0.2, 0.25) is 0 Å². The van der Waals surface area contributed by atoms with Crippen LogP contribution in [0.25, 0.3) is 0 Å². The zero-order valence-electron chi connectivity index (χ0n) is 24.2. The number of rotatable bonds is 10. The lowest BCUT2D eigenvalue weighted by atomic mass is 10.0. The molecule has 0 unspecified atom stereocenters. The number of esters is 1. The van der Waals surface area contributed by atoms with Crippen molar-refractivity contribution in [3.63, 3.8) is 0 Å². The maximum Gasteiger partial charge on any atom is 0.447 e. The van der Waals surface area contributed by atoms with Gasteiger partial charge in [0.05, 0.1) is 31.4 Å². The SMILES string of the molecule is CCON(C(=O)O)N1CCc2c(sc(NC(=O)c3cccnc3NC3CCN(Cc4ccccc4)CC3)c2C(=O)OC)C1. The molecule has 2 aliphatic heterocycles. The number of piperidine rings is 1. The van der Waals surface area contributed by atoms with Gasteiger partial charge in [-0.05, 0) is 49.4 Å². The lowest BCUT2D eigenvalue weighted by molar-refractivity contribution is -0.254. The van der Waals surface area contributed by atoms with Gasteiger partial charge < -0.3 is 20.5 Å². The quantitative estimate of drug-likeness (QED) is 0.224. The summed E-state index contributed by atoms with van der Waals surface area (Å²) >= 11 is 1.23. The van der Waals surface area contributed by atoms with E-state index in [1.165, 1.54) is 24.0 Å². The van der Waals surface area contributed by atoms with Gasteiger partial charge in [0.15, 0.2) is 0 Å². The summed E-state index contributed by atoms with van der Waals surface area (Å²) in [4.78, 5) is 51.1. The molecule has 3 N–H and O–H groups in total. The Balaban J connectivity index is 1.28. The Hall–Kier alpha value is -4.04. The molecule has 0 aliphatic carbocycles. The zero-order chi connectivity index (χ0) is 30.3. The summed E-state index contributed by atoms with van der Waals surface area (Å²) < 4.78 is 5.05. The summed E-state index contributed by atoms with van der Waals surface area (Å²) in [6, 6.07) is 14.0. The molecule has 13 heteroatoms. The highest BCUT2D eigenvalue weighted by Crippen LogP contribution is 2.38. The summed E-state index contributed by atoms with van der Waals surface area (Å²) in [7, 11) is 1.29. The van der Waals surface area contributed by atoms with E-state index < -0.39 is 18.0 Å². The fourth-order valence-electron chi connectivity index (χ4n) is 5.48. The number of hydroxylamine groups is 1. The molecule has 0 radical (unpaired) electrons. The molecule has 4 heterocycles. The maximum atomic E-state index is 13.6. The van der Waals surface area contributed by atoms with Crippen LogP contribution in [-0.4, -0.2) is 82.5 Å². The van der Waals surface area contributed by atoms with E-state index in [0.717, 1.165) is 48.1 Å². The number of hydrazine groups is 1. The number of amides is 2. The summed E-state index contributed by atoms with van der Waals surface area (Å²) in [5.41, 5.74) is 2.68. The molecule has 2 aliphatic rings. The molecular weight excluding hydrogens is 572 g/mol. The van der Waals surface area contributed by atoms with Crippen molar-refractivity contribution in [3.8, 4) is 0 Å². The van der Waals surface area contributed by atoms with E-state index in [1.54, 1.807) is 30.3 Å². The number of methoxy groups -OCH3 is 1. The van der Waals surface area contributed by atoms with Crippen LogP contribution < -0.4 is 10.6 Å². The molecule has 2 aromatic heterocycles. The van der Waals surface area contributed by atoms with Gasteiger partial charge in [0.1, 0.15) is 10.8 Å². The zero-order valence-corrected chi connectivity index (χ0v) is 25.1. The van der Waals surface area contributed by atoms with Gasteiger partial charge in [-0.2, -0.15) is 5.01 Å². The van der Waals surface area contributed by atoms with Gasteiger partial charge in [-0.25, -0.2) is 14.6 Å². The van der Waals surface area contributed by atoms with Gasteiger partial charge in [-0.3, -0.25) is 14.5 Å². The Labute approximate surface area is 254 Å². The van der Waals surface area contributed by atoms with Crippen LogP contribution in [0, 0.1) is 0 Å². The summed E-state index contributed by atoms with van der Waals surface area (Å²) in [5, 5.41) is 18.7. The van der Waals surface area contributed by atoms with Crippen LogP contribution in [0.5, 0.6) is 0 Å². The van der Waals surface area contributed by atoms with E-state index in [-0.39, 0.29) is 24.8 Å². The Bertz CT molecular complexity index is 1440. The van der Waals surface area contributed by atoms with Crippen LogP contribution >= 0.6 is 11.3 Å². The highest BCUT2D eigenvalue weighted by Gasteiger charge is 2.33. The summed E-state index contributed by atoms with van der Waals surface area (Å²) in [5.74, 6) is -0.477. The molecule has 0 saturated carbocycles. The number of pyridine rings is 1. The number of hydrogen-bond donors (Lipinski definition) is 3. The van der Waals surface area contributed by atoms with Crippen LogP contribution in [0.2, 0.25) is 0 Å². The van der Waals surface area contributed by atoms with E-state index in [9.17, 15) is 19.5 Å². The maximum absolute atomic E-state index is 13.6. The van der Waals surface area contributed by atoms with E-state index >= 15 is 0 Å². The smallest absolute Gasteiger partial charge is 0.447 e. The summed E-state index contributed by atoms with van der Waals surface area (Å²) in [6.45, 7) is 5.19. The van der Waals surface area contributed by atoms with Gasteiger partial charge >= 0.3 is 12.1 Å². The number of hydrogen-bond acceptors (Lipinski definition) is 10. The molecule has 0 atom stereocenters. The Morgan fingerprint density at radius 3 is 2.58 bits per heavy atom. The van der Waals surface area contributed by atoms with Crippen molar-refractivity contribution in [1.29, 1.82) is 0 Å². The van der Waals surface area contributed by atoms with E-state index in [1.807, 2.05) is 6.07 Å². The van der Waals surface area contributed by atoms with E-state index in [2.05, 4.69) is 44.8 Å². The summed E-state index contributed by atoms with van der Waals surface area (Å²) in [6.07, 6.45) is 2.63. The average molecular weight is 609 g/mol. The van der Waals surface area contributed by atoms with Gasteiger partial charge in [0, 0.05) is 43.3 Å². The molecule has 1 aromatic carbocycles. The number of ether oxygens (including phenoxy) is 1. The second-order valence-corrected chi connectivity index (χ2v) is 11.5. The predicted molar refractivity (Wildman–Crippen MR) is 162 cm³/mol. The van der Waals surface area contributed by atoms with Crippen LogP contribution in [-0.2, 0) is 29.1 Å². The molecular formula is C30H36N6O6S. The highest BCUT2D eigenvalue weighted by atomic mass is 32.1. The third-order valence-corrected chi connectivity index (χ3v) is 8.69. The topological polar surface area (TPSA) is 137 Å². The molecule has 3 aromatic rings. The fourth-order valence-corrected chi connectivity index (χ4v) is 6.72. The Morgan fingerprint density at radius 2 is 1.88 bits per heavy atom. The number of benzene rings is 1. The average Bonchev–Trinajstić information content (AvgIpc) is 3.38. The van der Waals surface area contributed by atoms with Crippen LogP contribution in [0.15, 0.2) is 48.7 Å². The van der Waals surface area contributed by atoms with Crippen LogP contribution in [0.4, 0.5) is 15.6 Å². The van der Waals surface area contributed by atoms with Crippen molar-refractivity contribution < 1.29 is 29.1 Å². The second kappa shape index (κ2) is 14.0. The largest absolute Gasteiger partial charge is 0.465 e. The predicted octanol–water partition coefficient (Wildman–Crippen LogP) is 4.46. The molecule has 228 valence electrons.